The number of carboxylic acids is 1. The number of nitrogens with zero attached hydrogens (tertiary/aromatic N) is 1. The van der Waals surface area contributed by atoms with Crippen LogP contribution in [0.4, 0.5) is 4.79 Å². The topological polar surface area (TPSA) is 81.7 Å². The molecular weight excluding hydrogens is 270 g/mol. The van der Waals surface area contributed by atoms with Gasteiger partial charge in [-0.25, -0.2) is 9.59 Å². The molecule has 3 fully saturated rings. The molecule has 3 rings (SSSR count). The highest BCUT2D eigenvalue weighted by Crippen LogP contribution is 2.39. The van der Waals surface area contributed by atoms with Crippen molar-refractivity contribution in [2.45, 2.75) is 63.1 Å². The zero-order chi connectivity index (χ0) is 14.8. The van der Waals surface area contributed by atoms with E-state index < -0.39 is 12.0 Å². The average molecular weight is 295 g/mol. The Morgan fingerprint density at radius 1 is 1.10 bits per heavy atom. The summed E-state index contributed by atoms with van der Waals surface area (Å²) in [5.41, 5.74) is 0. The van der Waals surface area contributed by atoms with E-state index >= 15 is 0 Å². The number of carbonyl (C=O) groups is 2. The molecule has 118 valence electrons. The van der Waals surface area contributed by atoms with E-state index in [1.54, 1.807) is 4.90 Å². The standard InChI is InChI=1S/C15H25N3O3/c19-14(20)13-9-10-3-1-2-4-12(10)18(13)15(21)17-11-5-7-16-8-6-11/h10-13,16H,1-9H2,(H,17,21)(H,19,20). The van der Waals surface area contributed by atoms with Crippen molar-refractivity contribution in [1.29, 1.82) is 0 Å². The van der Waals surface area contributed by atoms with Crippen LogP contribution in [-0.2, 0) is 4.79 Å². The molecule has 2 aliphatic heterocycles. The lowest BCUT2D eigenvalue weighted by Gasteiger charge is -2.34. The number of carbonyl (C=O) groups excluding carboxylic acids is 1. The van der Waals surface area contributed by atoms with Gasteiger partial charge in [0.05, 0.1) is 0 Å². The lowest BCUT2D eigenvalue weighted by molar-refractivity contribution is -0.141. The summed E-state index contributed by atoms with van der Waals surface area (Å²) >= 11 is 0. The second-order valence-electron chi connectivity index (χ2n) is 6.58. The average Bonchev–Trinajstić information content (AvgIpc) is 2.88. The summed E-state index contributed by atoms with van der Waals surface area (Å²) < 4.78 is 0. The number of likely N-dealkylation sites (tertiary alicyclic amines) is 1. The normalized spacial score (nSPS) is 33.5. The third-order valence-electron chi connectivity index (χ3n) is 5.27. The van der Waals surface area contributed by atoms with Crippen LogP contribution < -0.4 is 10.6 Å². The molecule has 0 aromatic carbocycles. The van der Waals surface area contributed by atoms with Gasteiger partial charge >= 0.3 is 12.0 Å². The second kappa shape index (κ2) is 6.22. The van der Waals surface area contributed by atoms with E-state index in [2.05, 4.69) is 10.6 Å². The molecule has 0 bridgehead atoms. The Morgan fingerprint density at radius 3 is 2.52 bits per heavy atom. The number of nitrogens with one attached hydrogen (secondary N) is 2. The summed E-state index contributed by atoms with van der Waals surface area (Å²) in [6.07, 6.45) is 6.75. The summed E-state index contributed by atoms with van der Waals surface area (Å²) in [5.74, 6) is -0.483. The van der Waals surface area contributed by atoms with Crippen molar-refractivity contribution < 1.29 is 14.7 Å². The summed E-state index contributed by atoms with van der Waals surface area (Å²) in [4.78, 5) is 25.8. The molecule has 3 aliphatic rings. The Morgan fingerprint density at radius 2 is 1.81 bits per heavy atom. The summed E-state index contributed by atoms with van der Waals surface area (Å²) in [6.45, 7) is 1.83. The Balaban J connectivity index is 1.69. The second-order valence-corrected chi connectivity index (χ2v) is 6.58. The van der Waals surface area contributed by atoms with Crippen molar-refractivity contribution >= 4 is 12.0 Å². The first kappa shape index (κ1) is 14.6. The third kappa shape index (κ3) is 3.00. The number of hydrogen-bond donors (Lipinski definition) is 3. The molecule has 6 nitrogen and oxygen atoms in total. The van der Waals surface area contributed by atoms with Crippen LogP contribution in [0.15, 0.2) is 0 Å². The van der Waals surface area contributed by atoms with E-state index in [1.165, 1.54) is 0 Å². The largest absolute Gasteiger partial charge is 0.480 e. The van der Waals surface area contributed by atoms with Crippen LogP contribution in [0, 0.1) is 5.92 Å². The molecule has 1 saturated carbocycles. The van der Waals surface area contributed by atoms with Gasteiger partial charge in [0.15, 0.2) is 0 Å². The van der Waals surface area contributed by atoms with Gasteiger partial charge in [0.25, 0.3) is 0 Å². The molecule has 0 aromatic rings. The van der Waals surface area contributed by atoms with E-state index in [9.17, 15) is 14.7 Å². The van der Waals surface area contributed by atoms with Crippen LogP contribution >= 0.6 is 0 Å². The third-order valence-corrected chi connectivity index (χ3v) is 5.27. The molecule has 0 radical (unpaired) electrons. The van der Waals surface area contributed by atoms with E-state index in [4.69, 9.17) is 0 Å². The van der Waals surface area contributed by atoms with E-state index in [0.29, 0.717) is 12.3 Å². The molecule has 2 amide bonds. The Labute approximate surface area is 125 Å². The SMILES string of the molecule is O=C(O)C1CC2CCCCC2N1C(=O)NC1CCNCC1. The maximum atomic E-state index is 12.6. The molecule has 3 N–H and O–H groups in total. The number of rotatable bonds is 2. The minimum absolute atomic E-state index is 0.126. The number of amides is 2. The summed E-state index contributed by atoms with van der Waals surface area (Å²) in [5, 5.41) is 15.8. The first-order chi connectivity index (χ1) is 10.2. The molecule has 3 atom stereocenters. The Kier molecular flexibility index (Phi) is 4.33. The van der Waals surface area contributed by atoms with Gasteiger partial charge < -0.3 is 20.6 Å². The molecule has 2 saturated heterocycles. The summed E-state index contributed by atoms with van der Waals surface area (Å²) in [6, 6.07) is -0.499. The van der Waals surface area contributed by atoms with Gasteiger partial charge in [-0.3, -0.25) is 0 Å². The maximum Gasteiger partial charge on any atom is 0.326 e. The molecule has 3 unspecified atom stereocenters. The fourth-order valence-electron chi connectivity index (χ4n) is 4.19. The number of aliphatic carboxylic acids is 1. The molecule has 2 heterocycles. The number of hydrogen-bond acceptors (Lipinski definition) is 3. The van der Waals surface area contributed by atoms with E-state index in [1.807, 2.05) is 0 Å². The first-order valence-corrected chi connectivity index (χ1v) is 8.19. The smallest absolute Gasteiger partial charge is 0.326 e. The number of carboxylic acid groups (broad SMARTS) is 1. The minimum atomic E-state index is -0.857. The highest BCUT2D eigenvalue weighted by atomic mass is 16.4. The van der Waals surface area contributed by atoms with E-state index in [0.717, 1.165) is 51.6 Å². The Hall–Kier alpha value is -1.30. The fourth-order valence-corrected chi connectivity index (χ4v) is 4.19. The van der Waals surface area contributed by atoms with Gasteiger partial charge in [-0.2, -0.15) is 0 Å². The Bertz CT molecular complexity index is 409. The van der Waals surface area contributed by atoms with Crippen molar-refractivity contribution in [3.8, 4) is 0 Å². The van der Waals surface area contributed by atoms with Gasteiger partial charge in [-0.15, -0.1) is 0 Å². The van der Waals surface area contributed by atoms with Crippen LogP contribution in [0.3, 0.4) is 0 Å². The highest BCUT2D eigenvalue weighted by molar-refractivity contribution is 5.84. The fraction of sp³-hybridized carbons (Fsp3) is 0.867. The zero-order valence-electron chi connectivity index (χ0n) is 12.4. The van der Waals surface area contributed by atoms with Crippen molar-refractivity contribution in [1.82, 2.24) is 15.5 Å². The molecule has 0 spiro atoms. The van der Waals surface area contributed by atoms with Gasteiger partial charge in [0.2, 0.25) is 0 Å². The van der Waals surface area contributed by atoms with Crippen molar-refractivity contribution in [2.24, 2.45) is 5.92 Å². The van der Waals surface area contributed by atoms with Crippen molar-refractivity contribution in [2.75, 3.05) is 13.1 Å². The molecule has 21 heavy (non-hydrogen) atoms. The molecule has 1 aliphatic carbocycles. The van der Waals surface area contributed by atoms with Gasteiger partial charge in [0, 0.05) is 12.1 Å². The van der Waals surface area contributed by atoms with Crippen LogP contribution in [0.1, 0.15) is 44.9 Å². The lowest BCUT2D eigenvalue weighted by Crippen LogP contribution is -2.54. The van der Waals surface area contributed by atoms with Crippen molar-refractivity contribution in [3.05, 3.63) is 0 Å². The zero-order valence-corrected chi connectivity index (χ0v) is 12.4. The number of piperidine rings is 1. The van der Waals surface area contributed by atoms with Gasteiger partial charge in [-0.05, 0) is 51.1 Å². The van der Waals surface area contributed by atoms with Gasteiger partial charge in [0.1, 0.15) is 6.04 Å². The quantitative estimate of drug-likeness (QED) is 0.714. The number of urea groups is 1. The van der Waals surface area contributed by atoms with Crippen LogP contribution in [0.5, 0.6) is 0 Å². The van der Waals surface area contributed by atoms with Gasteiger partial charge in [-0.1, -0.05) is 12.8 Å². The highest BCUT2D eigenvalue weighted by Gasteiger charge is 2.47. The van der Waals surface area contributed by atoms with Crippen LogP contribution in [0.2, 0.25) is 0 Å². The predicted molar refractivity (Wildman–Crippen MR) is 78.0 cm³/mol. The van der Waals surface area contributed by atoms with Crippen LogP contribution in [0.25, 0.3) is 0 Å². The van der Waals surface area contributed by atoms with E-state index in [-0.39, 0.29) is 18.1 Å². The summed E-state index contributed by atoms with van der Waals surface area (Å²) in [7, 11) is 0. The van der Waals surface area contributed by atoms with Crippen LogP contribution in [-0.4, -0.2) is 53.2 Å². The predicted octanol–water partition coefficient (Wildman–Crippen LogP) is 1.17. The first-order valence-electron chi connectivity index (χ1n) is 8.19. The minimum Gasteiger partial charge on any atom is -0.480 e. The number of fused-ring (bicyclic) bond motifs is 1. The maximum absolute atomic E-state index is 12.6. The molecular formula is C15H25N3O3. The molecule has 0 aromatic heterocycles. The van der Waals surface area contributed by atoms with Crippen molar-refractivity contribution in [3.63, 3.8) is 0 Å². The monoisotopic (exact) mass is 295 g/mol. The molecule has 6 heteroatoms. The lowest BCUT2D eigenvalue weighted by atomic mass is 9.85.